The van der Waals surface area contributed by atoms with Gasteiger partial charge < -0.3 is 19.3 Å². The van der Waals surface area contributed by atoms with Gasteiger partial charge in [-0.15, -0.1) is 0 Å². The zero-order valence-corrected chi connectivity index (χ0v) is 18.4. The minimum atomic E-state index is -0.356. The third-order valence-corrected chi connectivity index (χ3v) is 6.30. The van der Waals surface area contributed by atoms with Crippen LogP contribution in [0.4, 0.5) is 0 Å². The Hall–Kier alpha value is -2.28. The summed E-state index contributed by atoms with van der Waals surface area (Å²) in [6.07, 6.45) is 1.55. The number of piperidine rings is 1. The van der Waals surface area contributed by atoms with Crippen molar-refractivity contribution in [2.24, 2.45) is 11.3 Å². The van der Waals surface area contributed by atoms with Crippen LogP contribution in [0.15, 0.2) is 18.2 Å². The number of piperazine rings is 1. The van der Waals surface area contributed by atoms with Gasteiger partial charge in [-0.25, -0.2) is 0 Å². The molecule has 3 heterocycles. The van der Waals surface area contributed by atoms with Crippen LogP contribution in [-0.2, 0) is 16.1 Å². The molecule has 2 fully saturated rings. The Labute approximate surface area is 178 Å². The number of amides is 2. The van der Waals surface area contributed by atoms with Crippen LogP contribution in [0.3, 0.4) is 0 Å². The van der Waals surface area contributed by atoms with Crippen molar-refractivity contribution in [3.05, 3.63) is 23.8 Å². The Kier molecular flexibility index (Phi) is 5.91. The number of rotatable bonds is 3. The smallest absolute Gasteiger partial charge is 0.231 e. The third-order valence-electron chi connectivity index (χ3n) is 6.30. The maximum atomic E-state index is 13.0. The summed E-state index contributed by atoms with van der Waals surface area (Å²) in [7, 11) is 0. The maximum Gasteiger partial charge on any atom is 0.231 e. The monoisotopic (exact) mass is 415 g/mol. The van der Waals surface area contributed by atoms with E-state index in [1.807, 2.05) is 42.7 Å². The van der Waals surface area contributed by atoms with Gasteiger partial charge in [0.1, 0.15) is 0 Å². The molecule has 3 aliphatic heterocycles. The fourth-order valence-corrected chi connectivity index (χ4v) is 4.49. The molecule has 0 aliphatic carbocycles. The Balaban J connectivity index is 1.23. The van der Waals surface area contributed by atoms with Crippen LogP contribution in [0.1, 0.15) is 39.2 Å². The fraction of sp³-hybridized carbons (Fsp3) is 0.652. The first-order chi connectivity index (χ1) is 14.3. The molecular weight excluding hydrogens is 382 g/mol. The van der Waals surface area contributed by atoms with Crippen molar-refractivity contribution in [2.45, 2.75) is 40.2 Å². The molecule has 30 heavy (non-hydrogen) atoms. The van der Waals surface area contributed by atoms with Gasteiger partial charge in [0.2, 0.25) is 18.6 Å². The van der Waals surface area contributed by atoms with Gasteiger partial charge in [-0.1, -0.05) is 26.8 Å². The highest BCUT2D eigenvalue weighted by molar-refractivity contribution is 5.82. The Morgan fingerprint density at radius 3 is 2.27 bits per heavy atom. The third kappa shape index (κ3) is 4.56. The van der Waals surface area contributed by atoms with Gasteiger partial charge in [0, 0.05) is 57.1 Å². The quantitative estimate of drug-likeness (QED) is 0.758. The molecular formula is C23H33N3O4. The first-order valence-corrected chi connectivity index (χ1v) is 11.0. The highest BCUT2D eigenvalue weighted by Gasteiger charge is 2.34. The molecule has 1 aromatic rings. The number of carbonyl (C=O) groups excluding carboxylic acids is 2. The standard InChI is InChI=1S/C23H33N3O4/c1-23(2,3)22(28)26-8-6-18(7-9-26)21(27)25-12-10-24(11-13-25)15-17-4-5-19-20(14-17)30-16-29-19/h4-5,14,18H,6-13,15-16H2,1-3H3. The van der Waals surface area contributed by atoms with Crippen molar-refractivity contribution < 1.29 is 19.1 Å². The van der Waals surface area contributed by atoms with E-state index in [9.17, 15) is 9.59 Å². The first-order valence-electron chi connectivity index (χ1n) is 11.0. The number of likely N-dealkylation sites (tertiary alicyclic amines) is 1. The second kappa shape index (κ2) is 8.46. The van der Waals surface area contributed by atoms with E-state index < -0.39 is 0 Å². The average Bonchev–Trinajstić information content (AvgIpc) is 3.21. The minimum absolute atomic E-state index is 0.0504. The second-order valence-electron chi connectivity index (χ2n) is 9.61. The van der Waals surface area contributed by atoms with Gasteiger partial charge in [0.15, 0.2) is 11.5 Å². The van der Waals surface area contributed by atoms with Crippen LogP contribution in [0.2, 0.25) is 0 Å². The molecule has 0 atom stereocenters. The highest BCUT2D eigenvalue weighted by Crippen LogP contribution is 2.33. The molecule has 2 amide bonds. The van der Waals surface area contributed by atoms with Crippen molar-refractivity contribution in [3.63, 3.8) is 0 Å². The van der Waals surface area contributed by atoms with Crippen molar-refractivity contribution in [3.8, 4) is 11.5 Å². The molecule has 3 aliphatic rings. The number of carbonyl (C=O) groups is 2. The molecule has 1 aromatic carbocycles. The first kappa shape index (κ1) is 21.0. The molecule has 0 bridgehead atoms. The fourth-order valence-electron chi connectivity index (χ4n) is 4.49. The van der Waals surface area contributed by atoms with Gasteiger partial charge in [-0.05, 0) is 30.5 Å². The molecule has 0 saturated carbocycles. The molecule has 0 N–H and O–H groups in total. The lowest BCUT2D eigenvalue weighted by Gasteiger charge is -2.39. The van der Waals surface area contributed by atoms with Crippen molar-refractivity contribution >= 4 is 11.8 Å². The predicted octanol–water partition coefficient (Wildman–Crippen LogP) is 2.34. The zero-order chi connectivity index (χ0) is 21.3. The lowest BCUT2D eigenvalue weighted by molar-refractivity contribution is -0.145. The Morgan fingerprint density at radius 2 is 1.60 bits per heavy atom. The van der Waals surface area contributed by atoms with Crippen molar-refractivity contribution in [1.82, 2.24) is 14.7 Å². The molecule has 0 radical (unpaired) electrons. The van der Waals surface area contributed by atoms with Crippen LogP contribution < -0.4 is 9.47 Å². The predicted molar refractivity (Wildman–Crippen MR) is 113 cm³/mol. The molecule has 0 spiro atoms. The lowest BCUT2D eigenvalue weighted by Crippen LogP contribution is -2.52. The van der Waals surface area contributed by atoms with Crippen molar-refractivity contribution in [1.29, 1.82) is 0 Å². The van der Waals surface area contributed by atoms with E-state index in [1.165, 1.54) is 5.56 Å². The van der Waals surface area contributed by atoms with Gasteiger partial charge in [-0.2, -0.15) is 0 Å². The van der Waals surface area contributed by atoms with Crippen LogP contribution in [0.5, 0.6) is 11.5 Å². The topological polar surface area (TPSA) is 62.3 Å². The number of nitrogens with zero attached hydrogens (tertiary/aromatic N) is 3. The lowest BCUT2D eigenvalue weighted by atomic mass is 9.90. The largest absolute Gasteiger partial charge is 0.454 e. The van der Waals surface area contributed by atoms with E-state index in [1.54, 1.807) is 0 Å². The minimum Gasteiger partial charge on any atom is -0.454 e. The summed E-state index contributed by atoms with van der Waals surface area (Å²) >= 11 is 0. The normalized spacial score (nSPS) is 20.5. The summed E-state index contributed by atoms with van der Waals surface area (Å²) in [5.41, 5.74) is 0.848. The van der Waals surface area contributed by atoms with Crippen LogP contribution >= 0.6 is 0 Å². The van der Waals surface area contributed by atoms with E-state index in [2.05, 4.69) is 11.0 Å². The Bertz CT molecular complexity index is 788. The average molecular weight is 416 g/mol. The second-order valence-corrected chi connectivity index (χ2v) is 9.61. The molecule has 164 valence electrons. The van der Waals surface area contributed by atoms with Crippen LogP contribution in [-0.4, -0.2) is 72.6 Å². The summed E-state index contributed by atoms with van der Waals surface area (Å²) in [6, 6.07) is 6.10. The number of benzene rings is 1. The molecule has 0 aromatic heterocycles. The zero-order valence-electron chi connectivity index (χ0n) is 18.4. The molecule has 0 unspecified atom stereocenters. The van der Waals surface area contributed by atoms with Gasteiger partial charge in [0.25, 0.3) is 0 Å². The summed E-state index contributed by atoms with van der Waals surface area (Å²) in [6.45, 7) is 11.7. The number of ether oxygens (including phenoxy) is 2. The van der Waals surface area contributed by atoms with Crippen LogP contribution in [0.25, 0.3) is 0 Å². The van der Waals surface area contributed by atoms with Gasteiger partial charge >= 0.3 is 0 Å². The molecule has 4 rings (SSSR count). The van der Waals surface area contributed by atoms with Gasteiger partial charge in [-0.3, -0.25) is 14.5 Å². The Morgan fingerprint density at radius 1 is 0.933 bits per heavy atom. The summed E-state index contributed by atoms with van der Waals surface area (Å²) in [5.74, 6) is 2.13. The van der Waals surface area contributed by atoms with Crippen LogP contribution in [0, 0.1) is 11.3 Å². The number of fused-ring (bicyclic) bond motifs is 1. The van der Waals surface area contributed by atoms with Gasteiger partial charge in [0.05, 0.1) is 0 Å². The molecule has 2 saturated heterocycles. The van der Waals surface area contributed by atoms with E-state index in [0.717, 1.165) is 57.1 Å². The summed E-state index contributed by atoms with van der Waals surface area (Å²) in [4.78, 5) is 31.8. The van der Waals surface area contributed by atoms with E-state index in [0.29, 0.717) is 19.9 Å². The van der Waals surface area contributed by atoms with E-state index >= 15 is 0 Å². The summed E-state index contributed by atoms with van der Waals surface area (Å²) in [5, 5.41) is 0. The molecule has 7 heteroatoms. The van der Waals surface area contributed by atoms with Crippen molar-refractivity contribution in [2.75, 3.05) is 46.1 Å². The number of hydrogen-bond acceptors (Lipinski definition) is 5. The highest BCUT2D eigenvalue weighted by atomic mass is 16.7. The number of hydrogen-bond donors (Lipinski definition) is 0. The van der Waals surface area contributed by atoms with E-state index in [-0.39, 0.29) is 23.1 Å². The molecule has 7 nitrogen and oxygen atoms in total. The maximum absolute atomic E-state index is 13.0. The SMILES string of the molecule is CC(C)(C)C(=O)N1CCC(C(=O)N2CCN(Cc3ccc4c(c3)OCO4)CC2)CC1. The van der Waals surface area contributed by atoms with E-state index in [4.69, 9.17) is 9.47 Å². The summed E-state index contributed by atoms with van der Waals surface area (Å²) < 4.78 is 10.8.